The number of aliphatic hydroxyl groups excluding tert-OH is 2. The molecule has 0 aromatic carbocycles. The van der Waals surface area contributed by atoms with Crippen LogP contribution in [0.15, 0.2) is 16.7 Å². The van der Waals surface area contributed by atoms with Crippen LogP contribution < -0.4 is 0 Å². The average molecular weight is 230 g/mol. The minimum absolute atomic E-state index is 0.0770. The molecule has 1 aromatic heterocycles. The number of furan rings is 1. The zero-order chi connectivity index (χ0) is 12.2. The Kier molecular flexibility index (Phi) is 10.1. The number of aliphatic hydroxyl groups is 2. The van der Waals surface area contributed by atoms with Gasteiger partial charge in [-0.25, -0.2) is 0 Å². The molecule has 1 rings (SSSR count). The van der Waals surface area contributed by atoms with Crippen molar-refractivity contribution in [3.8, 4) is 0 Å². The third kappa shape index (κ3) is 6.61. The van der Waals surface area contributed by atoms with Crippen molar-refractivity contribution in [1.82, 2.24) is 0 Å². The van der Waals surface area contributed by atoms with Crippen LogP contribution in [0.1, 0.15) is 38.0 Å². The molecule has 0 saturated heterocycles. The van der Waals surface area contributed by atoms with Crippen LogP contribution in [0, 0.1) is 0 Å². The fourth-order valence-electron chi connectivity index (χ4n) is 1.04. The van der Waals surface area contributed by atoms with E-state index >= 15 is 0 Å². The van der Waals surface area contributed by atoms with E-state index in [1.807, 2.05) is 0 Å². The van der Waals surface area contributed by atoms with Crippen molar-refractivity contribution in [1.29, 1.82) is 0 Å². The summed E-state index contributed by atoms with van der Waals surface area (Å²) >= 11 is 0. The van der Waals surface area contributed by atoms with Crippen molar-refractivity contribution >= 4 is 0 Å². The monoisotopic (exact) mass is 230 g/mol. The first-order chi connectivity index (χ1) is 7.79. The van der Waals surface area contributed by atoms with E-state index in [1.165, 1.54) is 6.26 Å². The van der Waals surface area contributed by atoms with E-state index in [1.54, 1.807) is 6.07 Å². The second-order valence-corrected chi connectivity index (χ2v) is 3.30. The van der Waals surface area contributed by atoms with Gasteiger partial charge in [0.2, 0.25) is 0 Å². The quantitative estimate of drug-likeness (QED) is 0.734. The fourth-order valence-corrected chi connectivity index (χ4v) is 1.04. The first-order valence-electron chi connectivity index (χ1n) is 5.64. The Morgan fingerprint density at radius 1 is 1.12 bits per heavy atom. The van der Waals surface area contributed by atoms with E-state index in [4.69, 9.17) is 19.4 Å². The van der Waals surface area contributed by atoms with Crippen LogP contribution in [-0.4, -0.2) is 23.4 Å². The van der Waals surface area contributed by atoms with Gasteiger partial charge in [0, 0.05) is 18.8 Å². The van der Waals surface area contributed by atoms with E-state index in [0.29, 0.717) is 11.3 Å². The average Bonchev–Trinajstić information content (AvgIpc) is 2.78. The van der Waals surface area contributed by atoms with Gasteiger partial charge in [0.05, 0.1) is 12.9 Å². The molecule has 2 N–H and O–H groups in total. The molecule has 1 aromatic rings. The predicted molar refractivity (Wildman–Crippen MR) is 62.0 cm³/mol. The highest BCUT2D eigenvalue weighted by Crippen LogP contribution is 2.08. The highest BCUT2D eigenvalue weighted by atomic mass is 16.5. The minimum atomic E-state index is -0.150. The van der Waals surface area contributed by atoms with Crippen LogP contribution in [0.2, 0.25) is 0 Å². The lowest BCUT2D eigenvalue weighted by Gasteiger charge is -1.95. The van der Waals surface area contributed by atoms with E-state index in [2.05, 4.69) is 13.8 Å². The molecule has 94 valence electrons. The van der Waals surface area contributed by atoms with Gasteiger partial charge in [-0.15, -0.1) is 0 Å². The Morgan fingerprint density at radius 3 is 2.12 bits per heavy atom. The summed E-state index contributed by atoms with van der Waals surface area (Å²) in [5.74, 6) is 0.442. The summed E-state index contributed by atoms with van der Waals surface area (Å²) in [5.41, 5.74) is 0.650. The van der Waals surface area contributed by atoms with E-state index in [-0.39, 0.29) is 13.2 Å². The predicted octanol–water partition coefficient (Wildman–Crippen LogP) is 2.09. The minimum Gasteiger partial charge on any atom is -0.467 e. The summed E-state index contributed by atoms with van der Waals surface area (Å²) in [6.45, 7) is 5.86. The Morgan fingerprint density at radius 2 is 1.75 bits per heavy atom. The Balaban J connectivity index is 0.000000293. The van der Waals surface area contributed by atoms with Crippen LogP contribution >= 0.6 is 0 Å². The Labute approximate surface area is 96.9 Å². The van der Waals surface area contributed by atoms with Crippen molar-refractivity contribution in [2.75, 3.05) is 13.2 Å². The van der Waals surface area contributed by atoms with Crippen molar-refractivity contribution in [3.63, 3.8) is 0 Å². The van der Waals surface area contributed by atoms with Crippen LogP contribution in [0.3, 0.4) is 0 Å². The molecule has 0 radical (unpaired) electrons. The van der Waals surface area contributed by atoms with E-state index in [9.17, 15) is 0 Å². The topological polar surface area (TPSA) is 62.8 Å². The highest BCUT2D eigenvalue weighted by molar-refractivity contribution is 5.14. The third-order valence-corrected chi connectivity index (χ3v) is 1.85. The highest BCUT2D eigenvalue weighted by Gasteiger charge is 2.01. The van der Waals surface area contributed by atoms with Gasteiger partial charge in [-0.1, -0.05) is 13.8 Å². The summed E-state index contributed by atoms with van der Waals surface area (Å²) in [6, 6.07) is 1.63. The van der Waals surface area contributed by atoms with Gasteiger partial charge < -0.3 is 19.4 Å². The summed E-state index contributed by atoms with van der Waals surface area (Å²) in [5, 5.41) is 17.1. The van der Waals surface area contributed by atoms with Crippen LogP contribution in [0.5, 0.6) is 0 Å². The summed E-state index contributed by atoms with van der Waals surface area (Å²) in [4.78, 5) is 0. The van der Waals surface area contributed by atoms with Crippen LogP contribution in [0.4, 0.5) is 0 Å². The van der Waals surface area contributed by atoms with Gasteiger partial charge in [-0.3, -0.25) is 0 Å². The van der Waals surface area contributed by atoms with Gasteiger partial charge >= 0.3 is 0 Å². The SMILES string of the molecule is CCCOCCC.OCc1ccoc1CO. The van der Waals surface area contributed by atoms with E-state index in [0.717, 1.165) is 26.1 Å². The number of ether oxygens (including phenoxy) is 1. The first-order valence-corrected chi connectivity index (χ1v) is 5.64. The molecule has 0 saturated carbocycles. The molecular weight excluding hydrogens is 208 g/mol. The molecular formula is C12H22O4. The molecule has 4 heteroatoms. The lowest BCUT2D eigenvalue weighted by molar-refractivity contribution is 0.135. The largest absolute Gasteiger partial charge is 0.467 e. The number of rotatable bonds is 6. The smallest absolute Gasteiger partial charge is 0.134 e. The van der Waals surface area contributed by atoms with Crippen molar-refractivity contribution in [2.45, 2.75) is 39.9 Å². The molecule has 0 amide bonds. The zero-order valence-corrected chi connectivity index (χ0v) is 10.1. The molecule has 0 bridgehead atoms. The van der Waals surface area contributed by atoms with Crippen molar-refractivity contribution < 1.29 is 19.4 Å². The molecule has 0 aliphatic carbocycles. The molecule has 1 heterocycles. The van der Waals surface area contributed by atoms with Crippen molar-refractivity contribution in [3.05, 3.63) is 23.7 Å². The standard InChI is InChI=1S/C6H8O3.C6H14O/c7-3-5-1-2-9-6(5)4-8;1-3-5-7-6-4-2/h1-2,7-8H,3-4H2;3-6H2,1-2H3. The molecule has 4 nitrogen and oxygen atoms in total. The van der Waals surface area contributed by atoms with Crippen LogP contribution in [0.25, 0.3) is 0 Å². The van der Waals surface area contributed by atoms with Gasteiger partial charge in [-0.05, 0) is 18.9 Å². The number of hydrogen-bond acceptors (Lipinski definition) is 4. The number of hydrogen-bond donors (Lipinski definition) is 2. The lowest BCUT2D eigenvalue weighted by atomic mass is 10.3. The normalized spacial score (nSPS) is 9.75. The first kappa shape index (κ1) is 15.2. The fraction of sp³-hybridized carbons (Fsp3) is 0.667. The second-order valence-electron chi connectivity index (χ2n) is 3.30. The third-order valence-electron chi connectivity index (χ3n) is 1.85. The van der Waals surface area contributed by atoms with E-state index < -0.39 is 0 Å². The maximum atomic E-state index is 8.57. The lowest BCUT2D eigenvalue weighted by Crippen LogP contribution is -1.92. The summed E-state index contributed by atoms with van der Waals surface area (Å²) in [7, 11) is 0. The molecule has 0 fully saturated rings. The van der Waals surface area contributed by atoms with Gasteiger partial charge in [0.25, 0.3) is 0 Å². The molecule has 0 aliphatic heterocycles. The Bertz CT molecular complexity index is 222. The molecule has 0 spiro atoms. The maximum absolute atomic E-state index is 8.57. The van der Waals surface area contributed by atoms with Gasteiger partial charge in [0.1, 0.15) is 12.4 Å². The maximum Gasteiger partial charge on any atom is 0.134 e. The second kappa shape index (κ2) is 10.7. The molecule has 0 aliphatic rings. The summed E-state index contributed by atoms with van der Waals surface area (Å²) in [6.07, 6.45) is 3.72. The van der Waals surface area contributed by atoms with Gasteiger partial charge in [0.15, 0.2) is 0 Å². The van der Waals surface area contributed by atoms with Crippen LogP contribution in [-0.2, 0) is 18.0 Å². The molecule has 0 unspecified atom stereocenters. The van der Waals surface area contributed by atoms with Gasteiger partial charge in [-0.2, -0.15) is 0 Å². The van der Waals surface area contributed by atoms with Crippen molar-refractivity contribution in [2.24, 2.45) is 0 Å². The zero-order valence-electron chi connectivity index (χ0n) is 10.1. The molecule has 16 heavy (non-hydrogen) atoms. The Hall–Kier alpha value is -0.840. The summed E-state index contributed by atoms with van der Waals surface area (Å²) < 4.78 is 9.93. The molecule has 0 atom stereocenters.